The summed E-state index contributed by atoms with van der Waals surface area (Å²) >= 11 is 0. The lowest BCUT2D eigenvalue weighted by molar-refractivity contribution is 0.121. The molecule has 3 N–H and O–H groups in total. The zero-order valence-electron chi connectivity index (χ0n) is 8.36. The molecular weight excluding hydrogens is 176 g/mol. The van der Waals surface area contributed by atoms with Gasteiger partial charge in [0.15, 0.2) is 0 Å². The summed E-state index contributed by atoms with van der Waals surface area (Å²) in [4.78, 5) is 0. The molecule has 76 valence electrons. The van der Waals surface area contributed by atoms with E-state index in [1.807, 2.05) is 24.3 Å². The summed E-state index contributed by atoms with van der Waals surface area (Å²) in [7, 11) is 0. The Morgan fingerprint density at radius 1 is 1.43 bits per heavy atom. The second kappa shape index (κ2) is 3.88. The minimum absolute atomic E-state index is 0.273. The number of nitrogen functional groups attached to an aromatic ring is 1. The van der Waals surface area contributed by atoms with Gasteiger partial charge in [-0.1, -0.05) is 12.1 Å². The van der Waals surface area contributed by atoms with Crippen molar-refractivity contribution in [3.8, 4) is 0 Å². The van der Waals surface area contributed by atoms with Crippen LogP contribution in [0.4, 0.5) is 11.4 Å². The molecule has 3 heteroatoms. The zero-order chi connectivity index (χ0) is 9.97. The van der Waals surface area contributed by atoms with Gasteiger partial charge in [-0.25, -0.2) is 0 Å². The van der Waals surface area contributed by atoms with Gasteiger partial charge >= 0.3 is 0 Å². The molecule has 0 spiro atoms. The number of para-hydroxylation sites is 2. The van der Waals surface area contributed by atoms with E-state index in [0.29, 0.717) is 6.04 Å². The van der Waals surface area contributed by atoms with Gasteiger partial charge in [0.1, 0.15) is 0 Å². The number of ether oxygens (including phenoxy) is 1. The third-order valence-corrected chi connectivity index (χ3v) is 2.68. The van der Waals surface area contributed by atoms with Crippen LogP contribution >= 0.6 is 0 Å². The first-order valence-electron chi connectivity index (χ1n) is 5.00. The largest absolute Gasteiger partial charge is 0.397 e. The maximum atomic E-state index is 5.84. The lowest BCUT2D eigenvalue weighted by atomic mass is 10.1. The molecule has 1 aromatic rings. The van der Waals surface area contributed by atoms with Crippen LogP contribution in [0.15, 0.2) is 24.3 Å². The van der Waals surface area contributed by atoms with Crippen molar-refractivity contribution in [3.63, 3.8) is 0 Å². The lowest BCUT2D eigenvalue weighted by Crippen LogP contribution is -2.26. The molecule has 0 radical (unpaired) electrons. The molecule has 1 aliphatic rings. The monoisotopic (exact) mass is 192 g/mol. The highest BCUT2D eigenvalue weighted by molar-refractivity contribution is 5.66. The van der Waals surface area contributed by atoms with E-state index in [1.165, 1.54) is 0 Å². The van der Waals surface area contributed by atoms with Crippen molar-refractivity contribution in [2.75, 3.05) is 17.7 Å². The molecule has 0 aromatic heterocycles. The molecule has 2 rings (SSSR count). The fourth-order valence-corrected chi connectivity index (χ4v) is 1.75. The number of benzene rings is 1. The highest BCUT2D eigenvalue weighted by Gasteiger charge is 2.24. The molecule has 3 nitrogen and oxygen atoms in total. The van der Waals surface area contributed by atoms with E-state index in [9.17, 15) is 0 Å². The number of hydrogen-bond donors (Lipinski definition) is 2. The summed E-state index contributed by atoms with van der Waals surface area (Å²) < 4.78 is 5.47. The van der Waals surface area contributed by atoms with Crippen LogP contribution in [0.2, 0.25) is 0 Å². The fraction of sp³-hybridized carbons (Fsp3) is 0.455. The van der Waals surface area contributed by atoms with E-state index >= 15 is 0 Å². The van der Waals surface area contributed by atoms with Gasteiger partial charge in [-0.05, 0) is 25.5 Å². The average Bonchev–Trinajstić information content (AvgIpc) is 2.56. The summed E-state index contributed by atoms with van der Waals surface area (Å²) in [5, 5.41) is 3.41. The van der Waals surface area contributed by atoms with Gasteiger partial charge in [0.25, 0.3) is 0 Å². The third-order valence-electron chi connectivity index (χ3n) is 2.68. The molecule has 2 atom stereocenters. The molecule has 0 bridgehead atoms. The Bertz CT molecular complexity index is 314. The van der Waals surface area contributed by atoms with Gasteiger partial charge in [-0.2, -0.15) is 0 Å². The van der Waals surface area contributed by atoms with E-state index in [0.717, 1.165) is 24.4 Å². The number of nitrogens with one attached hydrogen (secondary N) is 1. The Morgan fingerprint density at radius 3 is 2.86 bits per heavy atom. The topological polar surface area (TPSA) is 47.3 Å². The molecule has 0 saturated carbocycles. The van der Waals surface area contributed by atoms with E-state index < -0.39 is 0 Å². The first-order chi connectivity index (χ1) is 6.77. The molecule has 1 aliphatic heterocycles. The van der Waals surface area contributed by atoms with E-state index in [1.54, 1.807) is 0 Å². The molecule has 1 aromatic carbocycles. The Balaban J connectivity index is 2.07. The van der Waals surface area contributed by atoms with E-state index in [-0.39, 0.29) is 6.10 Å². The van der Waals surface area contributed by atoms with Crippen molar-refractivity contribution in [2.24, 2.45) is 0 Å². The second-order valence-electron chi connectivity index (χ2n) is 3.70. The quantitative estimate of drug-likeness (QED) is 0.703. The van der Waals surface area contributed by atoms with Crippen LogP contribution < -0.4 is 11.1 Å². The van der Waals surface area contributed by atoms with Crippen molar-refractivity contribution >= 4 is 11.4 Å². The molecule has 0 aliphatic carbocycles. The number of anilines is 2. The van der Waals surface area contributed by atoms with Crippen LogP contribution in [0.25, 0.3) is 0 Å². The summed E-state index contributed by atoms with van der Waals surface area (Å²) in [6.45, 7) is 2.93. The SMILES string of the molecule is CC1OCCC1Nc1ccccc1N. The van der Waals surface area contributed by atoms with Crippen LogP contribution in [-0.4, -0.2) is 18.8 Å². The van der Waals surface area contributed by atoms with Gasteiger partial charge in [0, 0.05) is 6.61 Å². The normalized spacial score (nSPS) is 26.4. The predicted octanol–water partition coefficient (Wildman–Crippen LogP) is 1.86. The van der Waals surface area contributed by atoms with Crippen molar-refractivity contribution < 1.29 is 4.74 Å². The van der Waals surface area contributed by atoms with E-state index in [2.05, 4.69) is 12.2 Å². The number of rotatable bonds is 2. The minimum atomic E-state index is 0.273. The van der Waals surface area contributed by atoms with Gasteiger partial charge in [-0.3, -0.25) is 0 Å². The number of hydrogen-bond acceptors (Lipinski definition) is 3. The maximum absolute atomic E-state index is 5.84. The Morgan fingerprint density at radius 2 is 2.21 bits per heavy atom. The number of nitrogens with two attached hydrogens (primary N) is 1. The lowest BCUT2D eigenvalue weighted by Gasteiger charge is -2.18. The van der Waals surface area contributed by atoms with Crippen LogP contribution in [0.1, 0.15) is 13.3 Å². The van der Waals surface area contributed by atoms with Crippen molar-refractivity contribution in [3.05, 3.63) is 24.3 Å². The van der Waals surface area contributed by atoms with Gasteiger partial charge in [0.05, 0.1) is 23.5 Å². The summed E-state index contributed by atoms with van der Waals surface area (Å²) in [6, 6.07) is 8.22. The second-order valence-corrected chi connectivity index (χ2v) is 3.70. The summed E-state index contributed by atoms with van der Waals surface area (Å²) in [6.07, 6.45) is 1.32. The minimum Gasteiger partial charge on any atom is -0.397 e. The van der Waals surface area contributed by atoms with Crippen LogP contribution in [0.5, 0.6) is 0 Å². The van der Waals surface area contributed by atoms with Crippen LogP contribution in [0, 0.1) is 0 Å². The Kier molecular flexibility index (Phi) is 2.59. The molecule has 1 fully saturated rings. The summed E-state index contributed by atoms with van der Waals surface area (Å²) in [5.74, 6) is 0. The zero-order valence-corrected chi connectivity index (χ0v) is 8.36. The molecule has 2 unspecified atom stereocenters. The smallest absolute Gasteiger partial charge is 0.0748 e. The molecular formula is C11H16N2O. The average molecular weight is 192 g/mol. The molecule has 1 heterocycles. The molecule has 1 saturated heterocycles. The molecule has 0 amide bonds. The van der Waals surface area contributed by atoms with Crippen LogP contribution in [-0.2, 0) is 4.74 Å². The van der Waals surface area contributed by atoms with Crippen molar-refractivity contribution in [1.29, 1.82) is 0 Å². The maximum Gasteiger partial charge on any atom is 0.0748 e. The van der Waals surface area contributed by atoms with E-state index in [4.69, 9.17) is 10.5 Å². The highest BCUT2D eigenvalue weighted by atomic mass is 16.5. The van der Waals surface area contributed by atoms with Gasteiger partial charge in [-0.15, -0.1) is 0 Å². The van der Waals surface area contributed by atoms with Gasteiger partial charge < -0.3 is 15.8 Å². The van der Waals surface area contributed by atoms with Crippen LogP contribution in [0.3, 0.4) is 0 Å². The van der Waals surface area contributed by atoms with Crippen molar-refractivity contribution in [2.45, 2.75) is 25.5 Å². The molecule has 14 heavy (non-hydrogen) atoms. The predicted molar refractivity (Wildman–Crippen MR) is 58.3 cm³/mol. The summed E-state index contributed by atoms with van der Waals surface area (Å²) in [5.41, 5.74) is 7.65. The standard InChI is InChI=1S/C11H16N2O/c1-8-10(6-7-14-8)13-11-5-3-2-4-9(11)12/h2-5,8,10,13H,6-7,12H2,1H3. The third kappa shape index (κ3) is 1.82. The van der Waals surface area contributed by atoms with Gasteiger partial charge in [0.2, 0.25) is 0 Å². The first kappa shape index (κ1) is 9.34. The highest BCUT2D eigenvalue weighted by Crippen LogP contribution is 2.22. The Labute approximate surface area is 84.3 Å². The van der Waals surface area contributed by atoms with Crippen molar-refractivity contribution in [1.82, 2.24) is 0 Å². The fourth-order valence-electron chi connectivity index (χ4n) is 1.75. The first-order valence-corrected chi connectivity index (χ1v) is 5.00. The Hall–Kier alpha value is -1.22.